The Labute approximate surface area is 220 Å². The van der Waals surface area contributed by atoms with Crippen molar-refractivity contribution in [3.05, 3.63) is 101 Å². The largest absolute Gasteiger partial charge is 0.427 e. The van der Waals surface area contributed by atoms with Gasteiger partial charge in [0.2, 0.25) is 0 Å². The lowest BCUT2D eigenvalue weighted by molar-refractivity contribution is -0.131. The van der Waals surface area contributed by atoms with Crippen LogP contribution in [0.2, 0.25) is 0 Å². The van der Waals surface area contributed by atoms with E-state index in [-0.39, 0.29) is 12.0 Å². The second kappa shape index (κ2) is 14.5. The van der Waals surface area contributed by atoms with E-state index in [0.29, 0.717) is 25.4 Å². The van der Waals surface area contributed by atoms with Crippen molar-refractivity contribution in [2.24, 2.45) is 0 Å². The molecule has 0 radical (unpaired) electrons. The highest BCUT2D eigenvalue weighted by atomic mass is 16.5. The van der Waals surface area contributed by atoms with Crippen LogP contribution in [0.4, 0.5) is 4.79 Å². The molecule has 0 atom stereocenters. The minimum atomic E-state index is -0.359. The maximum Gasteiger partial charge on any atom is 0.318 e. The summed E-state index contributed by atoms with van der Waals surface area (Å²) in [7, 11) is 0. The lowest BCUT2D eigenvalue weighted by atomic mass is 10.1. The van der Waals surface area contributed by atoms with Gasteiger partial charge >= 0.3 is 12.0 Å². The number of nitrogens with zero attached hydrogens (tertiary/aromatic N) is 1. The molecule has 0 aliphatic rings. The Balaban J connectivity index is 1.66. The zero-order chi connectivity index (χ0) is 26.5. The van der Waals surface area contributed by atoms with Crippen molar-refractivity contribution in [2.45, 2.75) is 59.5 Å². The fraction of sp³-hybridized carbons (Fsp3) is 0.312. The van der Waals surface area contributed by atoms with Gasteiger partial charge in [-0.1, -0.05) is 68.5 Å². The van der Waals surface area contributed by atoms with Gasteiger partial charge in [-0.15, -0.1) is 0 Å². The van der Waals surface area contributed by atoms with Gasteiger partial charge in [-0.25, -0.2) is 4.79 Å². The van der Waals surface area contributed by atoms with Crippen molar-refractivity contribution in [1.82, 2.24) is 10.2 Å². The van der Waals surface area contributed by atoms with Crippen LogP contribution >= 0.6 is 0 Å². The number of unbranched alkanes of at least 4 members (excludes halogenated alkanes) is 1. The molecule has 0 aliphatic carbocycles. The van der Waals surface area contributed by atoms with E-state index in [2.05, 4.69) is 48.3 Å². The average Bonchev–Trinajstić information content (AvgIpc) is 2.91. The Hall–Kier alpha value is -4.04. The van der Waals surface area contributed by atoms with Crippen LogP contribution < -0.4 is 10.1 Å². The number of nitrogens with one attached hydrogen (secondary N) is 1. The van der Waals surface area contributed by atoms with E-state index >= 15 is 0 Å². The number of benzene rings is 3. The Morgan fingerprint density at radius 3 is 1.76 bits per heavy atom. The molecular weight excluding hydrogens is 460 g/mol. The molecule has 0 heterocycles. The number of ether oxygens (including phenoxy) is 1. The number of aryl methyl sites for hydroxylation is 1. The second-order valence-electron chi connectivity index (χ2n) is 9.07. The molecule has 3 aromatic rings. The summed E-state index contributed by atoms with van der Waals surface area (Å²) in [5, 5.41) is 2.97. The summed E-state index contributed by atoms with van der Waals surface area (Å²) in [6, 6.07) is 23.6. The Morgan fingerprint density at radius 1 is 0.757 bits per heavy atom. The topological polar surface area (TPSA) is 58.6 Å². The maximum atomic E-state index is 12.9. The number of rotatable bonds is 10. The van der Waals surface area contributed by atoms with Crippen LogP contribution in [0.15, 0.2) is 72.8 Å². The van der Waals surface area contributed by atoms with Gasteiger partial charge in [0, 0.05) is 37.7 Å². The first-order valence-electron chi connectivity index (χ1n) is 13.0. The Bertz CT molecular complexity index is 1200. The molecule has 37 heavy (non-hydrogen) atoms. The number of hydrogen-bond donors (Lipinski definition) is 1. The van der Waals surface area contributed by atoms with Crippen molar-refractivity contribution in [2.75, 3.05) is 6.54 Å². The van der Waals surface area contributed by atoms with Crippen molar-refractivity contribution in [3.63, 3.8) is 0 Å². The fourth-order valence-electron chi connectivity index (χ4n) is 3.79. The van der Waals surface area contributed by atoms with Crippen LogP contribution in [0.3, 0.4) is 0 Å². The van der Waals surface area contributed by atoms with Gasteiger partial charge in [0.15, 0.2) is 0 Å². The first-order chi connectivity index (χ1) is 18.0. The standard InChI is InChI=1S/C32H36N2O3/c1-4-6-7-26-8-10-27(11-9-26)12-13-28-14-16-29(17-15-28)23-34(32(36)33-22-5-2)24-30-18-20-31(21-19-30)37-25(3)35/h8-11,14-21H,4-7,22-24H2,1-3H3,(H,33,36). The van der Waals surface area contributed by atoms with Crippen LogP contribution in [0.1, 0.15) is 67.9 Å². The van der Waals surface area contributed by atoms with Crippen LogP contribution in [0.25, 0.3) is 0 Å². The van der Waals surface area contributed by atoms with Gasteiger partial charge in [-0.2, -0.15) is 0 Å². The van der Waals surface area contributed by atoms with Crippen molar-refractivity contribution >= 4 is 12.0 Å². The number of carbonyl (C=O) groups excluding carboxylic acids is 2. The van der Waals surface area contributed by atoms with E-state index in [0.717, 1.165) is 35.1 Å². The van der Waals surface area contributed by atoms with Gasteiger partial charge in [-0.05, 0) is 72.4 Å². The zero-order valence-corrected chi connectivity index (χ0v) is 22.0. The summed E-state index contributed by atoms with van der Waals surface area (Å²) >= 11 is 0. The smallest absolute Gasteiger partial charge is 0.318 e. The first-order valence-corrected chi connectivity index (χ1v) is 13.0. The molecule has 0 unspecified atom stereocenters. The first kappa shape index (κ1) is 27.5. The van der Waals surface area contributed by atoms with Gasteiger partial charge in [0.25, 0.3) is 0 Å². The minimum absolute atomic E-state index is 0.114. The minimum Gasteiger partial charge on any atom is -0.427 e. The molecule has 192 valence electrons. The molecule has 3 rings (SSSR count). The summed E-state index contributed by atoms with van der Waals surface area (Å²) in [6.07, 6.45) is 4.38. The van der Waals surface area contributed by atoms with E-state index in [1.807, 2.05) is 43.3 Å². The molecule has 0 saturated carbocycles. The highest BCUT2D eigenvalue weighted by Crippen LogP contribution is 2.16. The molecule has 2 amide bonds. The maximum absolute atomic E-state index is 12.9. The quantitative estimate of drug-likeness (QED) is 0.199. The summed E-state index contributed by atoms with van der Waals surface area (Å²) in [4.78, 5) is 25.8. The predicted molar refractivity (Wildman–Crippen MR) is 148 cm³/mol. The SMILES string of the molecule is CCCCc1ccc(C#Cc2ccc(CN(Cc3ccc(OC(C)=O)cc3)C(=O)NCCC)cc2)cc1. The summed E-state index contributed by atoms with van der Waals surface area (Å²) < 4.78 is 5.11. The molecule has 0 bridgehead atoms. The van der Waals surface area contributed by atoms with E-state index in [1.165, 1.54) is 25.3 Å². The lowest BCUT2D eigenvalue weighted by Crippen LogP contribution is -2.39. The summed E-state index contributed by atoms with van der Waals surface area (Å²) in [6.45, 7) is 7.13. The van der Waals surface area contributed by atoms with Crippen molar-refractivity contribution in [3.8, 4) is 17.6 Å². The van der Waals surface area contributed by atoms with E-state index < -0.39 is 0 Å². The van der Waals surface area contributed by atoms with Crippen LogP contribution in [0, 0.1) is 11.8 Å². The number of carbonyl (C=O) groups is 2. The molecule has 0 fully saturated rings. The Kier molecular flexibility index (Phi) is 10.8. The van der Waals surface area contributed by atoms with Gasteiger partial charge < -0.3 is 15.0 Å². The fourth-order valence-corrected chi connectivity index (χ4v) is 3.79. The lowest BCUT2D eigenvalue weighted by Gasteiger charge is -2.23. The number of amides is 2. The van der Waals surface area contributed by atoms with E-state index in [4.69, 9.17) is 4.74 Å². The van der Waals surface area contributed by atoms with Crippen molar-refractivity contribution < 1.29 is 14.3 Å². The van der Waals surface area contributed by atoms with Gasteiger partial charge in [0.1, 0.15) is 5.75 Å². The van der Waals surface area contributed by atoms with Crippen LogP contribution in [0.5, 0.6) is 5.75 Å². The molecule has 1 N–H and O–H groups in total. The molecule has 0 saturated heterocycles. The monoisotopic (exact) mass is 496 g/mol. The Morgan fingerprint density at radius 2 is 1.27 bits per heavy atom. The third-order valence-corrected chi connectivity index (χ3v) is 5.82. The highest BCUT2D eigenvalue weighted by Gasteiger charge is 2.14. The van der Waals surface area contributed by atoms with Gasteiger partial charge in [-0.3, -0.25) is 4.79 Å². The van der Waals surface area contributed by atoms with E-state index in [1.54, 1.807) is 17.0 Å². The highest BCUT2D eigenvalue weighted by molar-refractivity contribution is 5.74. The molecule has 5 heteroatoms. The molecule has 0 aliphatic heterocycles. The number of esters is 1. The number of hydrogen-bond acceptors (Lipinski definition) is 3. The molecule has 5 nitrogen and oxygen atoms in total. The third-order valence-electron chi connectivity index (χ3n) is 5.82. The van der Waals surface area contributed by atoms with Crippen LogP contribution in [-0.4, -0.2) is 23.4 Å². The second-order valence-corrected chi connectivity index (χ2v) is 9.07. The molecule has 0 spiro atoms. The van der Waals surface area contributed by atoms with E-state index in [9.17, 15) is 9.59 Å². The van der Waals surface area contributed by atoms with Gasteiger partial charge in [0.05, 0.1) is 0 Å². The number of urea groups is 1. The summed E-state index contributed by atoms with van der Waals surface area (Å²) in [5.41, 5.74) is 5.26. The normalized spacial score (nSPS) is 10.2. The summed E-state index contributed by atoms with van der Waals surface area (Å²) in [5.74, 6) is 6.60. The van der Waals surface area contributed by atoms with Crippen molar-refractivity contribution in [1.29, 1.82) is 0 Å². The predicted octanol–water partition coefficient (Wildman–Crippen LogP) is 6.48. The van der Waals surface area contributed by atoms with Crippen LogP contribution in [-0.2, 0) is 24.3 Å². The zero-order valence-electron chi connectivity index (χ0n) is 22.0. The molecule has 0 aromatic heterocycles. The third kappa shape index (κ3) is 9.50. The molecule has 3 aromatic carbocycles. The average molecular weight is 497 g/mol. The molecular formula is C32H36N2O3.